The van der Waals surface area contributed by atoms with Gasteiger partial charge in [-0.15, -0.1) is 0 Å². The van der Waals surface area contributed by atoms with Gasteiger partial charge in [-0.25, -0.2) is 4.98 Å². The summed E-state index contributed by atoms with van der Waals surface area (Å²) in [6, 6.07) is 6.38. The van der Waals surface area contributed by atoms with Crippen LogP contribution in [0, 0.1) is 6.92 Å². The first-order valence-corrected chi connectivity index (χ1v) is 5.91. The lowest BCUT2D eigenvalue weighted by atomic mass is 9.91. The van der Waals surface area contributed by atoms with Crippen LogP contribution in [0.5, 0.6) is 0 Å². The van der Waals surface area contributed by atoms with Crippen LogP contribution < -0.4 is 5.32 Å². The van der Waals surface area contributed by atoms with Crippen LogP contribution in [0.2, 0.25) is 0 Å². The largest absolute Gasteiger partial charge is 0.441 e. The van der Waals surface area contributed by atoms with Crippen LogP contribution >= 0.6 is 0 Å². The maximum absolute atomic E-state index is 5.48. The fraction of sp³-hybridized carbons (Fsp3) is 0.462. The van der Waals surface area contributed by atoms with Gasteiger partial charge in [-0.1, -0.05) is 6.07 Å². The van der Waals surface area contributed by atoms with E-state index in [-0.39, 0.29) is 0 Å². The van der Waals surface area contributed by atoms with E-state index in [9.17, 15) is 0 Å². The summed E-state index contributed by atoms with van der Waals surface area (Å²) < 4.78 is 5.48. The van der Waals surface area contributed by atoms with Crippen molar-refractivity contribution in [3.63, 3.8) is 0 Å². The maximum Gasteiger partial charge on any atom is 0.192 e. The molecule has 3 heteroatoms. The second-order valence-corrected chi connectivity index (χ2v) is 4.50. The number of rotatable bonds is 1. The van der Waals surface area contributed by atoms with Gasteiger partial charge in [-0.3, -0.25) is 0 Å². The zero-order valence-corrected chi connectivity index (χ0v) is 9.49. The highest BCUT2D eigenvalue weighted by Crippen LogP contribution is 2.26. The second kappa shape index (κ2) is 3.91. The molecule has 0 radical (unpaired) electrons. The SMILES string of the molecule is Cc1nc2cc(C3CCCNC3)ccc2o1. The molecule has 1 aromatic carbocycles. The third-order valence-electron chi connectivity index (χ3n) is 3.29. The van der Waals surface area contributed by atoms with Gasteiger partial charge in [-0.2, -0.15) is 0 Å². The highest BCUT2D eigenvalue weighted by molar-refractivity contribution is 5.73. The highest BCUT2D eigenvalue weighted by atomic mass is 16.3. The Bertz CT molecular complexity index is 498. The molecule has 1 aromatic heterocycles. The smallest absolute Gasteiger partial charge is 0.192 e. The molecule has 2 heterocycles. The Morgan fingerprint density at radius 3 is 3.19 bits per heavy atom. The molecule has 1 atom stereocenters. The number of aryl methyl sites for hydroxylation is 1. The van der Waals surface area contributed by atoms with Crippen molar-refractivity contribution < 1.29 is 4.42 Å². The zero-order chi connectivity index (χ0) is 11.0. The molecule has 2 aromatic rings. The van der Waals surface area contributed by atoms with Gasteiger partial charge in [0.25, 0.3) is 0 Å². The Kier molecular flexibility index (Phi) is 2.40. The molecule has 1 aliphatic rings. The van der Waals surface area contributed by atoms with Gasteiger partial charge < -0.3 is 9.73 Å². The van der Waals surface area contributed by atoms with Crippen LogP contribution in [-0.2, 0) is 0 Å². The van der Waals surface area contributed by atoms with Crippen molar-refractivity contribution in [3.05, 3.63) is 29.7 Å². The number of fused-ring (bicyclic) bond motifs is 1. The van der Waals surface area contributed by atoms with Gasteiger partial charge in [0.15, 0.2) is 11.5 Å². The van der Waals surface area contributed by atoms with Gasteiger partial charge in [-0.05, 0) is 43.0 Å². The number of hydrogen-bond donors (Lipinski definition) is 1. The number of nitrogens with zero attached hydrogens (tertiary/aromatic N) is 1. The molecule has 1 unspecified atom stereocenters. The van der Waals surface area contributed by atoms with Crippen LogP contribution in [0.3, 0.4) is 0 Å². The summed E-state index contributed by atoms with van der Waals surface area (Å²) in [7, 11) is 0. The first-order chi connectivity index (χ1) is 7.83. The Morgan fingerprint density at radius 2 is 2.38 bits per heavy atom. The number of benzene rings is 1. The quantitative estimate of drug-likeness (QED) is 0.796. The van der Waals surface area contributed by atoms with E-state index in [1.54, 1.807) is 0 Å². The van der Waals surface area contributed by atoms with Crippen molar-refractivity contribution in [1.82, 2.24) is 10.3 Å². The molecular formula is C13H16N2O. The first-order valence-electron chi connectivity index (χ1n) is 5.91. The summed E-state index contributed by atoms with van der Waals surface area (Å²) >= 11 is 0. The Hall–Kier alpha value is -1.35. The summed E-state index contributed by atoms with van der Waals surface area (Å²) in [4.78, 5) is 4.38. The van der Waals surface area contributed by atoms with E-state index < -0.39 is 0 Å². The Morgan fingerprint density at radius 1 is 1.44 bits per heavy atom. The van der Waals surface area contributed by atoms with Crippen molar-refractivity contribution in [2.24, 2.45) is 0 Å². The van der Waals surface area contributed by atoms with Crippen molar-refractivity contribution >= 4 is 11.1 Å². The first kappa shape index (κ1) is 9.85. The Balaban J connectivity index is 1.97. The number of hydrogen-bond acceptors (Lipinski definition) is 3. The number of aromatic nitrogens is 1. The predicted octanol–water partition coefficient (Wildman–Crippen LogP) is 2.60. The summed E-state index contributed by atoms with van der Waals surface area (Å²) in [6.45, 7) is 4.13. The minimum Gasteiger partial charge on any atom is -0.441 e. The molecule has 1 N–H and O–H groups in total. The molecule has 1 saturated heterocycles. The monoisotopic (exact) mass is 216 g/mol. The summed E-state index contributed by atoms with van der Waals surface area (Å²) in [5.74, 6) is 1.38. The molecule has 0 amide bonds. The number of piperidine rings is 1. The molecule has 84 valence electrons. The van der Waals surface area contributed by atoms with E-state index in [2.05, 4.69) is 22.4 Å². The second-order valence-electron chi connectivity index (χ2n) is 4.50. The molecule has 1 aliphatic heterocycles. The molecule has 0 saturated carbocycles. The molecule has 0 spiro atoms. The van der Waals surface area contributed by atoms with Gasteiger partial charge in [0.2, 0.25) is 0 Å². The van der Waals surface area contributed by atoms with Crippen molar-refractivity contribution in [3.8, 4) is 0 Å². The van der Waals surface area contributed by atoms with Gasteiger partial charge in [0, 0.05) is 13.5 Å². The summed E-state index contributed by atoms with van der Waals surface area (Å²) in [5, 5.41) is 3.44. The topological polar surface area (TPSA) is 38.1 Å². The fourth-order valence-corrected chi connectivity index (χ4v) is 2.45. The van der Waals surface area contributed by atoms with Gasteiger partial charge >= 0.3 is 0 Å². The highest BCUT2D eigenvalue weighted by Gasteiger charge is 2.16. The summed E-state index contributed by atoms with van der Waals surface area (Å²) in [6.07, 6.45) is 2.54. The van der Waals surface area contributed by atoms with Crippen LogP contribution in [0.15, 0.2) is 22.6 Å². The van der Waals surface area contributed by atoms with Crippen molar-refractivity contribution in [2.75, 3.05) is 13.1 Å². The lowest BCUT2D eigenvalue weighted by molar-refractivity contribution is 0.462. The molecular weight excluding hydrogens is 200 g/mol. The van der Waals surface area contributed by atoms with Crippen molar-refractivity contribution in [1.29, 1.82) is 0 Å². The van der Waals surface area contributed by atoms with Crippen LogP contribution in [0.4, 0.5) is 0 Å². The molecule has 1 fully saturated rings. The maximum atomic E-state index is 5.48. The van der Waals surface area contributed by atoms with Gasteiger partial charge in [0.05, 0.1) is 0 Å². The molecule has 3 nitrogen and oxygen atoms in total. The third kappa shape index (κ3) is 1.71. The predicted molar refractivity (Wildman–Crippen MR) is 63.6 cm³/mol. The van der Waals surface area contributed by atoms with E-state index in [1.165, 1.54) is 18.4 Å². The van der Waals surface area contributed by atoms with Gasteiger partial charge in [0.1, 0.15) is 5.52 Å². The number of nitrogens with one attached hydrogen (secondary N) is 1. The normalized spacial score (nSPS) is 21.4. The average molecular weight is 216 g/mol. The van der Waals surface area contributed by atoms with Crippen molar-refractivity contribution in [2.45, 2.75) is 25.7 Å². The lowest BCUT2D eigenvalue weighted by Crippen LogP contribution is -2.28. The molecule has 0 bridgehead atoms. The van der Waals surface area contributed by atoms with Crippen LogP contribution in [-0.4, -0.2) is 18.1 Å². The Labute approximate surface area is 94.9 Å². The standard InChI is InChI=1S/C13H16N2O/c1-9-15-12-7-10(4-5-13(12)16-9)11-3-2-6-14-8-11/h4-5,7,11,14H,2-3,6,8H2,1H3. The van der Waals surface area contributed by atoms with Crippen LogP contribution in [0.1, 0.15) is 30.2 Å². The summed E-state index contributed by atoms with van der Waals surface area (Å²) in [5.41, 5.74) is 3.26. The number of oxazole rings is 1. The molecule has 16 heavy (non-hydrogen) atoms. The van der Waals surface area contributed by atoms with Crippen LogP contribution in [0.25, 0.3) is 11.1 Å². The van der Waals surface area contributed by atoms with E-state index in [1.807, 2.05) is 13.0 Å². The average Bonchev–Trinajstić information content (AvgIpc) is 2.69. The van der Waals surface area contributed by atoms with E-state index in [0.717, 1.165) is 30.1 Å². The lowest BCUT2D eigenvalue weighted by Gasteiger charge is -2.22. The minimum absolute atomic E-state index is 0.634. The molecule has 3 rings (SSSR count). The minimum atomic E-state index is 0.634. The third-order valence-corrected chi connectivity index (χ3v) is 3.29. The zero-order valence-electron chi connectivity index (χ0n) is 9.49. The van der Waals surface area contributed by atoms with E-state index in [4.69, 9.17) is 4.42 Å². The fourth-order valence-electron chi connectivity index (χ4n) is 2.45. The van der Waals surface area contributed by atoms with E-state index in [0.29, 0.717) is 5.92 Å². The molecule has 0 aliphatic carbocycles. The van der Waals surface area contributed by atoms with E-state index >= 15 is 0 Å².